The Bertz CT molecular complexity index is 1070. The van der Waals surface area contributed by atoms with Gasteiger partial charge in [-0.25, -0.2) is 0 Å². The van der Waals surface area contributed by atoms with Crippen LogP contribution in [0.15, 0.2) is 49.6 Å². The Morgan fingerprint density at radius 2 is 2.05 bits per heavy atom. The van der Waals surface area contributed by atoms with Crippen molar-refractivity contribution in [2.75, 3.05) is 31.2 Å². The number of hydrogen-bond acceptors (Lipinski definition) is 6. The van der Waals surface area contributed by atoms with Crippen molar-refractivity contribution in [1.82, 2.24) is 4.90 Å². The van der Waals surface area contributed by atoms with E-state index < -0.39 is 22.6 Å². The lowest BCUT2D eigenvalue weighted by atomic mass is 9.66. The molecule has 4 rings (SSSR count). The van der Waals surface area contributed by atoms with Gasteiger partial charge in [0.1, 0.15) is 6.04 Å². The molecule has 1 aromatic rings. The molecule has 2 amide bonds. The average Bonchev–Trinajstić information content (AvgIpc) is 3.47. The summed E-state index contributed by atoms with van der Waals surface area (Å²) in [7, 11) is 0. The zero-order valence-corrected chi connectivity index (χ0v) is 22.8. The number of esters is 1. The molecule has 1 spiro atoms. The lowest BCUT2D eigenvalue weighted by molar-refractivity contribution is -0.154. The van der Waals surface area contributed by atoms with Crippen LogP contribution in [0.3, 0.4) is 0 Å². The van der Waals surface area contributed by atoms with E-state index in [1.165, 1.54) is 0 Å². The zero-order chi connectivity index (χ0) is 26.7. The largest absolute Gasteiger partial charge is 0.465 e. The van der Waals surface area contributed by atoms with Crippen molar-refractivity contribution in [2.45, 2.75) is 48.6 Å². The van der Waals surface area contributed by atoms with E-state index in [4.69, 9.17) is 16.3 Å². The summed E-state index contributed by atoms with van der Waals surface area (Å²) in [6, 6.07) is 6.31. The van der Waals surface area contributed by atoms with Gasteiger partial charge >= 0.3 is 5.97 Å². The Balaban J connectivity index is 1.73. The highest BCUT2D eigenvalue weighted by Crippen LogP contribution is 2.68. The molecular formula is C28H35ClN2O5S. The van der Waals surface area contributed by atoms with Crippen LogP contribution in [0.5, 0.6) is 0 Å². The first-order chi connectivity index (χ1) is 17.8. The minimum absolute atomic E-state index is 0.0335. The second-order valence-electron chi connectivity index (χ2n) is 9.95. The number of aliphatic hydroxyl groups is 1. The molecule has 3 unspecified atom stereocenters. The number of carbonyl (C=O) groups is 3. The lowest BCUT2D eigenvalue weighted by Gasteiger charge is -2.40. The first-order valence-electron chi connectivity index (χ1n) is 12.9. The molecular weight excluding hydrogens is 512 g/mol. The third kappa shape index (κ3) is 4.72. The summed E-state index contributed by atoms with van der Waals surface area (Å²) in [5, 5.41) is 9.90. The van der Waals surface area contributed by atoms with Crippen molar-refractivity contribution < 1.29 is 24.2 Å². The smallest absolute Gasteiger partial charge is 0.310 e. The molecule has 200 valence electrons. The molecule has 0 aliphatic carbocycles. The summed E-state index contributed by atoms with van der Waals surface area (Å²) in [6.45, 7) is 10.2. The number of unbranched alkanes of at least 4 members (excludes halogenated alkanes) is 1. The number of para-hydroxylation sites is 1. The van der Waals surface area contributed by atoms with Crippen molar-refractivity contribution in [3.8, 4) is 0 Å². The number of carbonyl (C=O) groups excluding carboxylic acids is 3. The van der Waals surface area contributed by atoms with Crippen LogP contribution in [0, 0.1) is 17.8 Å². The number of benzene rings is 1. The van der Waals surface area contributed by atoms with Gasteiger partial charge < -0.3 is 19.6 Å². The van der Waals surface area contributed by atoms with E-state index in [0.717, 1.165) is 12.8 Å². The van der Waals surface area contributed by atoms with Crippen molar-refractivity contribution in [2.24, 2.45) is 17.8 Å². The molecule has 3 saturated heterocycles. The maximum atomic E-state index is 14.4. The van der Waals surface area contributed by atoms with Gasteiger partial charge in [0.15, 0.2) is 0 Å². The molecule has 7 nitrogen and oxygen atoms in total. The van der Waals surface area contributed by atoms with E-state index in [-0.39, 0.29) is 55.3 Å². The van der Waals surface area contributed by atoms with Crippen molar-refractivity contribution in [1.29, 1.82) is 0 Å². The first kappa shape index (κ1) is 27.7. The first-order valence-corrected chi connectivity index (χ1v) is 14.1. The highest BCUT2D eigenvalue weighted by Gasteiger charge is 2.76. The number of anilines is 1. The number of likely N-dealkylation sites (tertiary alicyclic amines) is 1. The van der Waals surface area contributed by atoms with Gasteiger partial charge in [0.2, 0.25) is 5.91 Å². The van der Waals surface area contributed by atoms with E-state index in [9.17, 15) is 19.5 Å². The van der Waals surface area contributed by atoms with Crippen LogP contribution in [-0.2, 0) is 19.1 Å². The van der Waals surface area contributed by atoms with Gasteiger partial charge in [0.25, 0.3) is 5.91 Å². The Morgan fingerprint density at radius 1 is 1.30 bits per heavy atom. The summed E-state index contributed by atoms with van der Waals surface area (Å²) in [5.41, 5.74) is 0.548. The SMILES string of the molecule is C=CCCCOC(=O)[C@@H]1[C@H]2C(=O)N(CCCO)C(C(=O)N(CC=C)c3ccccc3Cl)C23S[C@@H]1CC3C. The van der Waals surface area contributed by atoms with Crippen LogP contribution in [0.1, 0.15) is 32.6 Å². The van der Waals surface area contributed by atoms with Crippen molar-refractivity contribution >= 4 is 46.8 Å². The van der Waals surface area contributed by atoms with E-state index >= 15 is 0 Å². The maximum absolute atomic E-state index is 14.4. The number of allylic oxidation sites excluding steroid dienone is 1. The van der Waals surface area contributed by atoms with Gasteiger partial charge in [-0.2, -0.15) is 0 Å². The lowest BCUT2D eigenvalue weighted by Crippen LogP contribution is -2.57. The number of ether oxygens (including phenoxy) is 1. The number of fused-ring (bicyclic) bond motifs is 1. The van der Waals surface area contributed by atoms with Crippen LogP contribution in [0.4, 0.5) is 5.69 Å². The quantitative estimate of drug-likeness (QED) is 0.241. The molecule has 2 bridgehead atoms. The fraction of sp³-hybridized carbons (Fsp3) is 0.536. The van der Waals surface area contributed by atoms with Crippen molar-refractivity contribution in [3.63, 3.8) is 0 Å². The number of nitrogens with zero attached hydrogens (tertiary/aromatic N) is 2. The van der Waals surface area contributed by atoms with Gasteiger partial charge in [-0.05, 0) is 43.7 Å². The molecule has 6 atom stereocenters. The fourth-order valence-corrected chi connectivity index (χ4v) is 8.94. The third-order valence-electron chi connectivity index (χ3n) is 7.83. The Kier molecular flexibility index (Phi) is 8.71. The average molecular weight is 547 g/mol. The molecule has 0 radical (unpaired) electrons. The third-order valence-corrected chi connectivity index (χ3v) is 10.2. The number of rotatable bonds is 12. The predicted molar refractivity (Wildman–Crippen MR) is 146 cm³/mol. The molecule has 3 aliphatic heterocycles. The molecule has 3 heterocycles. The Hall–Kier alpha value is -2.29. The van der Waals surface area contributed by atoms with Crippen molar-refractivity contribution in [3.05, 3.63) is 54.6 Å². The number of aliphatic hydroxyl groups excluding tert-OH is 1. The number of amides is 2. The highest BCUT2D eigenvalue weighted by molar-refractivity contribution is 8.02. The van der Waals surface area contributed by atoms with Crippen LogP contribution < -0.4 is 4.90 Å². The summed E-state index contributed by atoms with van der Waals surface area (Å²) < 4.78 is 4.85. The minimum atomic E-state index is -0.795. The monoisotopic (exact) mass is 546 g/mol. The van der Waals surface area contributed by atoms with Crippen LogP contribution in [0.25, 0.3) is 0 Å². The van der Waals surface area contributed by atoms with Gasteiger partial charge in [0.05, 0.1) is 33.9 Å². The van der Waals surface area contributed by atoms with Gasteiger partial charge in [-0.3, -0.25) is 14.4 Å². The molecule has 9 heteroatoms. The molecule has 3 fully saturated rings. The maximum Gasteiger partial charge on any atom is 0.310 e. The summed E-state index contributed by atoms with van der Waals surface area (Å²) in [5.74, 6) is -2.03. The van der Waals surface area contributed by atoms with Crippen LogP contribution in [0.2, 0.25) is 5.02 Å². The normalized spacial score (nSPS) is 29.8. The Labute approximate surface area is 227 Å². The molecule has 3 aliphatic rings. The summed E-state index contributed by atoms with van der Waals surface area (Å²) >= 11 is 8.09. The second kappa shape index (κ2) is 11.6. The van der Waals surface area contributed by atoms with E-state index in [1.54, 1.807) is 51.9 Å². The standard InChI is InChI=1S/C28H35ClN2O5S/c1-4-6-9-16-36-27(35)22-21-17-18(3)28(37-21)23(22)25(33)31(14-10-15-32)24(28)26(34)30(13-5-2)20-12-8-7-11-19(20)29/h4-5,7-8,11-12,18,21-24,32H,1-2,6,9-10,13-17H2,3H3/t18?,21-,22+,23+,24?,28?/m1/s1. The fourth-order valence-electron chi connectivity index (χ4n) is 6.30. The number of thioether (sulfide) groups is 1. The second-order valence-corrected chi connectivity index (χ2v) is 11.9. The molecule has 0 aromatic heterocycles. The van der Waals surface area contributed by atoms with Gasteiger partial charge in [0, 0.05) is 24.9 Å². The molecule has 1 aromatic carbocycles. The highest BCUT2D eigenvalue weighted by atomic mass is 35.5. The van der Waals surface area contributed by atoms with E-state index in [1.807, 2.05) is 6.07 Å². The molecule has 0 saturated carbocycles. The van der Waals surface area contributed by atoms with Gasteiger partial charge in [-0.15, -0.1) is 24.9 Å². The van der Waals surface area contributed by atoms with Crippen LogP contribution >= 0.6 is 23.4 Å². The minimum Gasteiger partial charge on any atom is -0.465 e. The number of hydrogen-bond donors (Lipinski definition) is 1. The zero-order valence-electron chi connectivity index (χ0n) is 21.2. The summed E-state index contributed by atoms with van der Waals surface area (Å²) in [4.78, 5) is 44.9. The Morgan fingerprint density at radius 3 is 2.73 bits per heavy atom. The van der Waals surface area contributed by atoms with E-state index in [2.05, 4.69) is 20.1 Å². The van der Waals surface area contributed by atoms with Crippen LogP contribution in [-0.4, -0.2) is 70.1 Å². The predicted octanol–water partition coefficient (Wildman–Crippen LogP) is 4.09. The van der Waals surface area contributed by atoms with Gasteiger partial charge in [-0.1, -0.05) is 42.8 Å². The van der Waals surface area contributed by atoms with E-state index in [0.29, 0.717) is 23.6 Å². The molecule has 37 heavy (non-hydrogen) atoms. The molecule has 1 N–H and O–H groups in total. The number of halogens is 1. The summed E-state index contributed by atoms with van der Waals surface area (Å²) in [6.07, 6.45) is 5.90. The topological polar surface area (TPSA) is 87.1 Å².